The lowest BCUT2D eigenvalue weighted by atomic mass is 9.85. The van der Waals surface area contributed by atoms with E-state index in [1.165, 1.54) is 62.2 Å². The number of nitrogens with two attached hydrogens (primary N) is 1. The molecule has 8 heterocycles. The quantitative estimate of drug-likeness (QED) is 0.0302. The first-order valence-electron chi connectivity index (χ1n) is 39.8. The molecule has 21 N–H and O–H groups in total. The van der Waals surface area contributed by atoms with Crippen LogP contribution >= 0.6 is 34.8 Å². The number of fused-ring (bicyclic) bond motifs is 15. The summed E-state index contributed by atoms with van der Waals surface area (Å²) in [5, 5.41) is 129. The highest BCUT2D eigenvalue weighted by molar-refractivity contribution is 6.32. The molecule has 2 fully saturated rings. The van der Waals surface area contributed by atoms with Crippen LogP contribution in [0.1, 0.15) is 111 Å². The minimum atomic E-state index is -2.40. The molecule has 9 amide bonds. The summed E-state index contributed by atoms with van der Waals surface area (Å²) in [6, 6.07) is 4.45. The maximum atomic E-state index is 16.3. The van der Waals surface area contributed by atoms with E-state index in [4.69, 9.17) is 78.5 Å². The number of hydrogen-bond donors (Lipinski definition) is 20. The molecule has 127 heavy (non-hydrogen) atoms. The Balaban J connectivity index is 0.997. The van der Waals surface area contributed by atoms with Gasteiger partial charge in [0.1, 0.15) is 107 Å². The summed E-state index contributed by atoms with van der Waals surface area (Å²) in [5.74, 6) is -17.1. The molecule has 0 saturated carbocycles. The number of nitrogens with one attached hydrogen (secondary N) is 10. The summed E-state index contributed by atoms with van der Waals surface area (Å²) in [6.45, 7) is 5.14. The van der Waals surface area contributed by atoms with E-state index in [-0.39, 0.29) is 84.8 Å². The standard InChI is InChI=1S/C83H93Cl3FN13O27/c1-34(2)21-48(89-5)74(112)97-65-67(107)38-9-13-52(45(85)25-38)123-54-27-40-28-55(71(54)127-81-72(70(110)69(109)56(33-101)125-81)126-60-32-83(4,73(111)35(3)122-60)90-16-18-100-17-15-58(93-82(100)119)92-59(106)23-36-7-11-47(87)44(84)22-36)124-53-14-10-39(26-46(53)86)68(108)66-79(117)96-64(80(118)99-121-20-19-120-6)43-29-41(102)30-51(104)61(43)42-24-37(8-12-50(42)103)62(76(114)98-66)95-77(115)63(40)94-75(113)49(31-57(88)105)91-78(65)116/h7-15,17,22,24-30,34-35,48-49,56,60,62-70,72-73,81,89-90,101-104,107-111H,16,18-21,23,31-33H2,1-6H3,(H2,88,105)(H,91,116)(H,94,113)(H,95,115)(H,96,117)(H,97,112)(H,98,114)(H,99,118)(H,92,93,106,119)/t35-,48+,49-,56+,60-,62+,63+,64+,65+,66-,67+,68+,69+,70-,72+,73+,81-,83-/m0/s1. The van der Waals surface area contributed by atoms with E-state index in [9.17, 15) is 74.3 Å². The zero-order chi connectivity index (χ0) is 91.9. The number of phenols is 3. The molecule has 7 aliphatic rings. The lowest BCUT2D eigenvalue weighted by Gasteiger charge is -2.48. The number of amides is 9. The van der Waals surface area contributed by atoms with Crippen molar-refractivity contribution in [3.05, 3.63) is 174 Å². The molecule has 44 heteroatoms. The van der Waals surface area contributed by atoms with Crippen LogP contribution in [-0.4, -0.2) is 228 Å². The van der Waals surface area contributed by atoms with Crippen molar-refractivity contribution >= 4 is 93.8 Å². The van der Waals surface area contributed by atoms with Gasteiger partial charge in [-0.2, -0.15) is 4.98 Å². The average molecular weight is 1830 g/mol. The number of hydroxylamine groups is 1. The zero-order valence-corrected chi connectivity index (χ0v) is 70.8. The summed E-state index contributed by atoms with van der Waals surface area (Å²) in [6.07, 6.45) is -18.6. The van der Waals surface area contributed by atoms with Crippen LogP contribution in [-0.2, 0) is 79.9 Å². The van der Waals surface area contributed by atoms with Crippen molar-refractivity contribution in [3.8, 4) is 57.1 Å². The molecule has 2 saturated heterocycles. The second-order valence-electron chi connectivity index (χ2n) is 31.3. The summed E-state index contributed by atoms with van der Waals surface area (Å²) < 4.78 is 59.4. The van der Waals surface area contributed by atoms with Crippen molar-refractivity contribution in [2.75, 3.05) is 45.8 Å². The first-order chi connectivity index (χ1) is 60.3. The maximum Gasteiger partial charge on any atom is 0.349 e. The number of aliphatic hydroxyl groups excluding tert-OH is 6. The fourth-order valence-electron chi connectivity index (χ4n) is 15.1. The fraction of sp³-hybridized carbons (Fsp3) is 0.410. The molecule has 1 aromatic heterocycles. The Morgan fingerprint density at radius 3 is 2.02 bits per heavy atom. The highest BCUT2D eigenvalue weighted by Gasteiger charge is 2.52. The van der Waals surface area contributed by atoms with Gasteiger partial charge in [-0.3, -0.25) is 52.6 Å². The fourth-order valence-corrected chi connectivity index (χ4v) is 15.8. The van der Waals surface area contributed by atoms with E-state index in [1.54, 1.807) is 6.92 Å². The SMILES string of the molecule is CN[C@H](CC(C)C)C(=O)N[C@H]1C(=O)N[C@@H](CC(N)=O)C(=O)N[C@H]2C(=O)N[C@H]3C(=O)N[C@H](C(=O)N[C@@H](C(=O)NOCCOC)c4cc(O)cc(O)c4-c4cc3ccc4O)[C@H](O)c3ccc(c(Cl)c3)Oc3cc2cc(c3O[C@@H]2O[C@H](CO)[C@@H](O)[C@H](O)[C@H]2O[C@H]2C[C@](C)(NCCn3ccc(NC(=O)Cc4ccc(F)c(Cl)c4)nc3=O)[C@H](O)[C@H](C)O2)Oc2ccc(cc2Cl)[C@H]1O. The van der Waals surface area contributed by atoms with Gasteiger partial charge in [0, 0.05) is 55.5 Å². The number of aromatic nitrogens is 2. The van der Waals surface area contributed by atoms with Gasteiger partial charge in [-0.25, -0.2) is 14.7 Å². The Kier molecular flexibility index (Phi) is 30.3. The molecule has 7 aromatic rings. The van der Waals surface area contributed by atoms with E-state index in [2.05, 4.69) is 58.3 Å². The summed E-state index contributed by atoms with van der Waals surface area (Å²) in [7, 11) is 2.79. The van der Waals surface area contributed by atoms with Crippen LogP contribution in [0.25, 0.3) is 11.1 Å². The minimum absolute atomic E-state index is 0.0620. The number of ether oxygens (including phenoxy) is 7. The van der Waals surface area contributed by atoms with Crippen LogP contribution in [0.15, 0.2) is 114 Å². The smallest absolute Gasteiger partial charge is 0.349 e. The summed E-state index contributed by atoms with van der Waals surface area (Å²) in [5.41, 5.74) is 3.35. The van der Waals surface area contributed by atoms with Crippen molar-refractivity contribution < 1.29 is 131 Å². The number of hydrogen-bond acceptors (Lipinski definition) is 30. The molecule has 11 bridgehead atoms. The zero-order valence-electron chi connectivity index (χ0n) is 68.5. The van der Waals surface area contributed by atoms with Gasteiger partial charge >= 0.3 is 5.69 Å². The van der Waals surface area contributed by atoms with E-state index < -0.39 is 259 Å². The molecular formula is C83H93Cl3FN13O27. The number of likely N-dealkylation sites (N-methyl/N-ethyl adjacent to an activating group) is 1. The van der Waals surface area contributed by atoms with Gasteiger partial charge in [-0.1, -0.05) is 72.9 Å². The Morgan fingerprint density at radius 1 is 0.724 bits per heavy atom. The normalized spacial score (nSPS) is 25.7. The summed E-state index contributed by atoms with van der Waals surface area (Å²) >= 11 is 20.3. The van der Waals surface area contributed by atoms with E-state index in [0.29, 0.717) is 5.56 Å². The van der Waals surface area contributed by atoms with Gasteiger partial charge in [-0.15, -0.1) is 0 Å². The average Bonchev–Trinajstić information content (AvgIpc) is 0.766. The van der Waals surface area contributed by atoms with Crippen LogP contribution in [0.3, 0.4) is 0 Å². The molecule has 680 valence electrons. The Morgan fingerprint density at radius 2 is 1.39 bits per heavy atom. The number of rotatable bonds is 24. The van der Waals surface area contributed by atoms with Gasteiger partial charge in [0.2, 0.25) is 59.3 Å². The van der Waals surface area contributed by atoms with Gasteiger partial charge in [0.15, 0.2) is 23.9 Å². The van der Waals surface area contributed by atoms with Crippen LogP contribution in [0.2, 0.25) is 15.1 Å². The highest BCUT2D eigenvalue weighted by atomic mass is 35.5. The van der Waals surface area contributed by atoms with Crippen molar-refractivity contribution in [2.24, 2.45) is 11.7 Å². The third-order valence-electron chi connectivity index (χ3n) is 21.7. The number of aliphatic hydroxyl groups is 6. The number of primary amides is 1. The number of methoxy groups -OCH3 is 1. The molecule has 40 nitrogen and oxygen atoms in total. The monoisotopic (exact) mass is 1830 g/mol. The van der Waals surface area contributed by atoms with Gasteiger partial charge in [-0.05, 0) is 139 Å². The number of phenolic OH excluding ortho intramolecular Hbond substituents is 3. The highest BCUT2D eigenvalue weighted by Crippen LogP contribution is 2.50. The molecule has 0 aliphatic carbocycles. The number of benzene rings is 6. The van der Waals surface area contributed by atoms with Crippen LogP contribution < -0.4 is 79.0 Å². The maximum absolute atomic E-state index is 16.3. The first-order valence-corrected chi connectivity index (χ1v) is 40.9. The van der Waals surface area contributed by atoms with Crippen LogP contribution in [0, 0.1) is 11.7 Å². The molecular weight excluding hydrogens is 1740 g/mol. The number of carbonyl (C=O) groups excluding carboxylic acids is 9. The molecule has 6 aromatic carbocycles. The molecule has 0 unspecified atom stereocenters. The molecule has 18 atom stereocenters. The van der Waals surface area contributed by atoms with Crippen LogP contribution in [0.4, 0.5) is 10.2 Å². The Bertz CT molecular complexity index is 5410. The second-order valence-corrected chi connectivity index (χ2v) is 32.5. The van der Waals surface area contributed by atoms with Crippen molar-refractivity contribution in [3.63, 3.8) is 0 Å². The molecule has 0 radical (unpaired) electrons. The van der Waals surface area contributed by atoms with Gasteiger partial charge in [0.25, 0.3) is 5.91 Å². The van der Waals surface area contributed by atoms with Gasteiger partial charge < -0.3 is 133 Å². The predicted octanol–water partition coefficient (Wildman–Crippen LogP) is 1.58. The van der Waals surface area contributed by atoms with E-state index >= 15 is 24.0 Å². The minimum Gasteiger partial charge on any atom is -0.508 e. The molecule has 0 spiro atoms. The summed E-state index contributed by atoms with van der Waals surface area (Å²) in [4.78, 5) is 156. The number of nitrogens with zero attached hydrogens (tertiary/aromatic N) is 2. The van der Waals surface area contributed by atoms with Crippen molar-refractivity contribution in [2.45, 2.75) is 169 Å². The molecule has 7 aliphatic heterocycles. The number of anilines is 1. The largest absolute Gasteiger partial charge is 0.508 e. The lowest BCUT2D eigenvalue weighted by molar-refractivity contribution is -0.334. The lowest BCUT2D eigenvalue weighted by Crippen LogP contribution is -2.65. The number of halogens is 4. The van der Waals surface area contributed by atoms with Gasteiger partial charge in [0.05, 0.1) is 66.0 Å². The van der Waals surface area contributed by atoms with Crippen molar-refractivity contribution in [1.82, 2.24) is 57.6 Å². The first kappa shape index (κ1) is 94.6. The molecule has 14 rings (SSSR count). The predicted molar refractivity (Wildman–Crippen MR) is 444 cm³/mol. The Hall–Kier alpha value is -11.5. The van der Waals surface area contributed by atoms with Crippen molar-refractivity contribution in [1.29, 1.82) is 0 Å². The van der Waals surface area contributed by atoms with Crippen LogP contribution in [0.5, 0.6) is 46.0 Å². The topological polar surface area (TPSA) is 591 Å². The third kappa shape index (κ3) is 21.9. The third-order valence-corrected chi connectivity index (χ3v) is 22.6. The van der Waals surface area contributed by atoms with E-state index in [1.807, 2.05) is 13.8 Å². The second kappa shape index (κ2) is 40.7. The Labute approximate surface area is 737 Å². The number of carbonyl (C=O) groups is 9. The van der Waals surface area contributed by atoms with E-state index in [0.717, 1.165) is 72.8 Å². The number of aromatic hydroxyl groups is 3.